The average molecular weight is 366 g/mol. The van der Waals surface area contributed by atoms with Crippen LogP contribution in [0.4, 0.5) is 0 Å². The van der Waals surface area contributed by atoms with Crippen molar-refractivity contribution in [2.45, 2.75) is 13.0 Å². The van der Waals surface area contributed by atoms with E-state index in [1.807, 2.05) is 42.6 Å². The van der Waals surface area contributed by atoms with E-state index < -0.39 is 0 Å². The normalized spacial score (nSPS) is 11.0. The number of benzene rings is 2. The molecule has 1 aromatic heterocycles. The SMILES string of the molecule is COCCOCCCNC(=O)c1cn(Cc2ccccc2)c2ccccc12. The highest BCUT2D eigenvalue weighted by Crippen LogP contribution is 2.22. The summed E-state index contributed by atoms with van der Waals surface area (Å²) in [5, 5.41) is 3.97. The molecule has 0 aliphatic heterocycles. The number of carbonyl (C=O) groups excluding carboxylic acids is 1. The van der Waals surface area contributed by atoms with Crippen LogP contribution in [0.2, 0.25) is 0 Å². The summed E-state index contributed by atoms with van der Waals surface area (Å²) in [6, 6.07) is 18.3. The molecule has 0 bridgehead atoms. The fourth-order valence-corrected chi connectivity index (χ4v) is 3.05. The van der Waals surface area contributed by atoms with E-state index >= 15 is 0 Å². The molecule has 5 heteroatoms. The summed E-state index contributed by atoms with van der Waals surface area (Å²) in [5.74, 6) is -0.0464. The Hall–Kier alpha value is -2.63. The van der Waals surface area contributed by atoms with Gasteiger partial charge in [-0.2, -0.15) is 0 Å². The highest BCUT2D eigenvalue weighted by atomic mass is 16.5. The van der Waals surface area contributed by atoms with Crippen molar-refractivity contribution in [2.75, 3.05) is 33.5 Å². The van der Waals surface area contributed by atoms with E-state index in [9.17, 15) is 4.79 Å². The van der Waals surface area contributed by atoms with E-state index in [0.29, 0.717) is 31.9 Å². The molecule has 3 aromatic rings. The van der Waals surface area contributed by atoms with Crippen LogP contribution in [-0.4, -0.2) is 43.9 Å². The van der Waals surface area contributed by atoms with Crippen LogP contribution in [0.1, 0.15) is 22.3 Å². The van der Waals surface area contributed by atoms with Gasteiger partial charge < -0.3 is 19.4 Å². The van der Waals surface area contributed by atoms with Crippen LogP contribution in [0.25, 0.3) is 10.9 Å². The molecule has 0 saturated heterocycles. The first kappa shape index (κ1) is 19.1. The number of hydrogen-bond donors (Lipinski definition) is 1. The van der Waals surface area contributed by atoms with E-state index in [2.05, 4.69) is 28.1 Å². The lowest BCUT2D eigenvalue weighted by atomic mass is 10.1. The molecule has 1 N–H and O–H groups in total. The zero-order valence-electron chi connectivity index (χ0n) is 15.7. The van der Waals surface area contributed by atoms with Gasteiger partial charge in [0.2, 0.25) is 0 Å². The van der Waals surface area contributed by atoms with Crippen molar-refractivity contribution >= 4 is 16.8 Å². The average Bonchev–Trinajstić information content (AvgIpc) is 3.07. The zero-order valence-corrected chi connectivity index (χ0v) is 15.7. The molecule has 0 radical (unpaired) electrons. The van der Waals surface area contributed by atoms with Gasteiger partial charge in [-0.25, -0.2) is 0 Å². The molecule has 2 aromatic carbocycles. The lowest BCUT2D eigenvalue weighted by molar-refractivity contribution is 0.0688. The molecule has 0 spiro atoms. The quantitative estimate of drug-likeness (QED) is 0.559. The van der Waals surface area contributed by atoms with Gasteiger partial charge in [-0.05, 0) is 18.1 Å². The highest BCUT2D eigenvalue weighted by molar-refractivity contribution is 6.07. The van der Waals surface area contributed by atoms with Crippen molar-refractivity contribution < 1.29 is 14.3 Å². The molecule has 0 fully saturated rings. The van der Waals surface area contributed by atoms with Gasteiger partial charge in [0, 0.05) is 43.9 Å². The van der Waals surface area contributed by atoms with Gasteiger partial charge in [0.15, 0.2) is 0 Å². The number of rotatable bonds is 10. The number of nitrogens with one attached hydrogen (secondary N) is 1. The third-order valence-electron chi connectivity index (χ3n) is 4.41. The van der Waals surface area contributed by atoms with Gasteiger partial charge >= 0.3 is 0 Å². The van der Waals surface area contributed by atoms with Crippen molar-refractivity contribution in [3.05, 3.63) is 71.9 Å². The van der Waals surface area contributed by atoms with Gasteiger partial charge in [0.05, 0.1) is 18.8 Å². The number of fused-ring (bicyclic) bond motifs is 1. The highest BCUT2D eigenvalue weighted by Gasteiger charge is 2.14. The monoisotopic (exact) mass is 366 g/mol. The first-order valence-electron chi connectivity index (χ1n) is 9.26. The minimum atomic E-state index is -0.0464. The molecule has 142 valence electrons. The Kier molecular flexibility index (Phi) is 7.02. The largest absolute Gasteiger partial charge is 0.382 e. The number of methoxy groups -OCH3 is 1. The summed E-state index contributed by atoms with van der Waals surface area (Å²) < 4.78 is 12.5. The maximum absolute atomic E-state index is 12.7. The second-order valence-electron chi connectivity index (χ2n) is 6.39. The topological polar surface area (TPSA) is 52.5 Å². The molecule has 0 atom stereocenters. The predicted octanol–water partition coefficient (Wildman–Crippen LogP) is 3.47. The first-order chi connectivity index (χ1) is 13.3. The number of para-hydroxylation sites is 1. The number of aromatic nitrogens is 1. The molecule has 27 heavy (non-hydrogen) atoms. The summed E-state index contributed by atoms with van der Waals surface area (Å²) in [7, 11) is 1.65. The molecule has 3 rings (SSSR count). The van der Waals surface area contributed by atoms with Crippen molar-refractivity contribution in [1.29, 1.82) is 0 Å². The second kappa shape index (κ2) is 9.90. The maximum Gasteiger partial charge on any atom is 0.253 e. The molecule has 5 nitrogen and oxygen atoms in total. The standard InChI is InChI=1S/C22H26N2O3/c1-26-14-15-27-13-7-12-23-22(25)20-17-24(16-18-8-3-2-4-9-18)21-11-6-5-10-19(20)21/h2-6,8-11,17H,7,12-16H2,1H3,(H,23,25). The molecule has 1 amide bonds. The van der Waals surface area contributed by atoms with Gasteiger partial charge in [0.1, 0.15) is 0 Å². The van der Waals surface area contributed by atoms with Crippen molar-refractivity contribution in [2.24, 2.45) is 0 Å². The van der Waals surface area contributed by atoms with Crippen LogP contribution in [0.15, 0.2) is 60.8 Å². The molecular weight excluding hydrogens is 340 g/mol. The summed E-state index contributed by atoms with van der Waals surface area (Å²) in [6.45, 7) is 3.11. The van der Waals surface area contributed by atoms with Crippen molar-refractivity contribution in [3.8, 4) is 0 Å². The van der Waals surface area contributed by atoms with E-state index in [-0.39, 0.29) is 5.91 Å². The van der Waals surface area contributed by atoms with Crippen LogP contribution < -0.4 is 5.32 Å². The van der Waals surface area contributed by atoms with E-state index in [1.54, 1.807) is 7.11 Å². The number of amides is 1. The van der Waals surface area contributed by atoms with Crippen LogP contribution in [-0.2, 0) is 16.0 Å². The minimum absolute atomic E-state index is 0.0464. The Balaban J connectivity index is 1.65. The van der Waals surface area contributed by atoms with Crippen LogP contribution in [0.3, 0.4) is 0 Å². The Morgan fingerprint density at radius 1 is 1.00 bits per heavy atom. The Morgan fingerprint density at radius 2 is 1.78 bits per heavy atom. The predicted molar refractivity (Wildman–Crippen MR) is 107 cm³/mol. The molecule has 1 heterocycles. The summed E-state index contributed by atoms with van der Waals surface area (Å²) >= 11 is 0. The van der Waals surface area contributed by atoms with Gasteiger partial charge in [0.25, 0.3) is 5.91 Å². The fraction of sp³-hybridized carbons (Fsp3) is 0.318. The molecule has 0 aliphatic carbocycles. The second-order valence-corrected chi connectivity index (χ2v) is 6.39. The van der Waals surface area contributed by atoms with Crippen LogP contribution in [0.5, 0.6) is 0 Å². The smallest absolute Gasteiger partial charge is 0.253 e. The Bertz CT molecular complexity index is 858. The van der Waals surface area contributed by atoms with Crippen LogP contribution in [0, 0.1) is 0 Å². The third kappa shape index (κ3) is 5.18. The Labute approximate surface area is 159 Å². The van der Waals surface area contributed by atoms with Crippen LogP contribution >= 0.6 is 0 Å². The summed E-state index contributed by atoms with van der Waals surface area (Å²) in [6.07, 6.45) is 2.72. The van der Waals surface area contributed by atoms with Gasteiger partial charge in [-0.15, -0.1) is 0 Å². The number of ether oxygens (including phenoxy) is 2. The van der Waals surface area contributed by atoms with E-state index in [0.717, 1.165) is 23.9 Å². The van der Waals surface area contributed by atoms with E-state index in [4.69, 9.17) is 9.47 Å². The first-order valence-corrected chi connectivity index (χ1v) is 9.26. The number of hydrogen-bond acceptors (Lipinski definition) is 3. The summed E-state index contributed by atoms with van der Waals surface area (Å²) in [5.41, 5.74) is 2.98. The van der Waals surface area contributed by atoms with Gasteiger partial charge in [-0.1, -0.05) is 48.5 Å². The van der Waals surface area contributed by atoms with E-state index in [1.165, 1.54) is 5.56 Å². The molecule has 0 aliphatic rings. The number of carbonyl (C=O) groups is 1. The molecular formula is C22H26N2O3. The Morgan fingerprint density at radius 3 is 2.59 bits per heavy atom. The zero-order chi connectivity index (χ0) is 18.9. The maximum atomic E-state index is 12.7. The lowest BCUT2D eigenvalue weighted by Gasteiger charge is -2.05. The van der Waals surface area contributed by atoms with Crippen molar-refractivity contribution in [3.63, 3.8) is 0 Å². The summed E-state index contributed by atoms with van der Waals surface area (Å²) in [4.78, 5) is 12.7. The lowest BCUT2D eigenvalue weighted by Crippen LogP contribution is -2.25. The minimum Gasteiger partial charge on any atom is -0.382 e. The molecule has 0 unspecified atom stereocenters. The molecule has 0 saturated carbocycles. The van der Waals surface area contributed by atoms with Gasteiger partial charge in [-0.3, -0.25) is 4.79 Å². The fourth-order valence-electron chi connectivity index (χ4n) is 3.05. The van der Waals surface area contributed by atoms with Crippen molar-refractivity contribution in [1.82, 2.24) is 9.88 Å². The number of nitrogens with zero attached hydrogens (tertiary/aromatic N) is 1. The third-order valence-corrected chi connectivity index (χ3v) is 4.41.